The van der Waals surface area contributed by atoms with Gasteiger partial charge in [0.1, 0.15) is 0 Å². The lowest BCUT2D eigenvalue weighted by atomic mass is 10.1. The predicted molar refractivity (Wildman–Crippen MR) is 71.9 cm³/mol. The second-order valence-corrected chi connectivity index (χ2v) is 3.67. The van der Waals surface area contributed by atoms with Crippen LogP contribution in [0.5, 0.6) is 0 Å². The molecule has 6 nitrogen and oxygen atoms in total. The molecule has 19 heavy (non-hydrogen) atoms. The van der Waals surface area contributed by atoms with E-state index in [9.17, 15) is 9.59 Å². The highest BCUT2D eigenvalue weighted by molar-refractivity contribution is 6.12. The third-order valence-electron chi connectivity index (χ3n) is 2.28. The third-order valence-corrected chi connectivity index (χ3v) is 2.28. The van der Waals surface area contributed by atoms with Crippen molar-refractivity contribution >= 4 is 18.2 Å². The van der Waals surface area contributed by atoms with E-state index in [2.05, 4.69) is 10.3 Å². The van der Waals surface area contributed by atoms with Gasteiger partial charge in [-0.2, -0.15) is 0 Å². The second-order valence-electron chi connectivity index (χ2n) is 3.67. The topological polar surface area (TPSA) is 105 Å². The molecule has 1 rings (SSSR count). The lowest BCUT2D eigenvalue weighted by Crippen LogP contribution is -2.23. The fraction of sp³-hybridized carbons (Fsp3) is 0.154. The zero-order valence-electron chi connectivity index (χ0n) is 10.2. The number of nitrogens with zero attached hydrogens (tertiary/aromatic N) is 1. The van der Waals surface area contributed by atoms with Gasteiger partial charge in [-0.25, -0.2) is 9.79 Å². The summed E-state index contributed by atoms with van der Waals surface area (Å²) in [5, 5.41) is 11.2. The van der Waals surface area contributed by atoms with E-state index in [0.717, 1.165) is 11.8 Å². The Labute approximate surface area is 110 Å². The molecule has 0 saturated heterocycles. The van der Waals surface area contributed by atoms with Gasteiger partial charge in [-0.15, -0.1) is 0 Å². The first kappa shape index (κ1) is 14.4. The van der Waals surface area contributed by atoms with E-state index < -0.39 is 11.9 Å². The second kappa shape index (κ2) is 7.65. The van der Waals surface area contributed by atoms with Crippen molar-refractivity contribution in [1.82, 2.24) is 5.32 Å². The number of aliphatic hydroxyl groups is 1. The Morgan fingerprint density at radius 3 is 2.58 bits per heavy atom. The van der Waals surface area contributed by atoms with E-state index in [1.807, 2.05) is 30.3 Å². The molecule has 0 radical (unpaired) electrons. The number of urea groups is 1. The highest BCUT2D eigenvalue weighted by Crippen LogP contribution is 1.98. The molecule has 1 aromatic carbocycles. The number of nitrogens with two attached hydrogens (primary N) is 1. The summed E-state index contributed by atoms with van der Waals surface area (Å²) < 4.78 is 0. The van der Waals surface area contributed by atoms with E-state index in [0.29, 0.717) is 19.2 Å². The summed E-state index contributed by atoms with van der Waals surface area (Å²) in [6.07, 6.45) is 2.10. The SMILES string of the molecule is NC(=O)C(=C\O)/C=N/C(=O)NCCc1ccccc1. The van der Waals surface area contributed by atoms with Crippen LogP contribution in [-0.4, -0.2) is 29.8 Å². The number of hydrogen-bond donors (Lipinski definition) is 3. The molecule has 0 aliphatic rings. The van der Waals surface area contributed by atoms with Gasteiger partial charge in [0.05, 0.1) is 11.8 Å². The van der Waals surface area contributed by atoms with Gasteiger partial charge in [0.15, 0.2) is 0 Å². The number of nitrogens with one attached hydrogen (secondary N) is 1. The van der Waals surface area contributed by atoms with E-state index in [4.69, 9.17) is 10.8 Å². The van der Waals surface area contributed by atoms with Crippen molar-refractivity contribution in [3.63, 3.8) is 0 Å². The number of rotatable bonds is 5. The normalized spacial score (nSPS) is 11.5. The Balaban J connectivity index is 2.36. The van der Waals surface area contributed by atoms with Crippen molar-refractivity contribution in [1.29, 1.82) is 0 Å². The van der Waals surface area contributed by atoms with Crippen molar-refractivity contribution in [2.75, 3.05) is 6.54 Å². The van der Waals surface area contributed by atoms with Gasteiger partial charge in [0.2, 0.25) is 0 Å². The van der Waals surface area contributed by atoms with Gasteiger partial charge in [-0.05, 0) is 12.0 Å². The van der Waals surface area contributed by atoms with Crippen molar-refractivity contribution in [3.05, 3.63) is 47.7 Å². The van der Waals surface area contributed by atoms with Gasteiger partial charge in [-0.1, -0.05) is 30.3 Å². The molecule has 0 aromatic heterocycles. The Bertz CT molecular complexity index is 495. The molecule has 0 heterocycles. The number of hydrogen-bond acceptors (Lipinski definition) is 3. The molecule has 6 heteroatoms. The summed E-state index contributed by atoms with van der Waals surface area (Å²) in [5.41, 5.74) is 5.78. The Morgan fingerprint density at radius 2 is 2.00 bits per heavy atom. The van der Waals surface area contributed by atoms with Crippen molar-refractivity contribution in [2.24, 2.45) is 10.7 Å². The largest absolute Gasteiger partial charge is 0.515 e. The smallest absolute Gasteiger partial charge is 0.340 e. The van der Waals surface area contributed by atoms with Crippen LogP contribution in [0.25, 0.3) is 0 Å². The van der Waals surface area contributed by atoms with Gasteiger partial charge in [0, 0.05) is 12.8 Å². The van der Waals surface area contributed by atoms with Gasteiger partial charge < -0.3 is 16.2 Å². The molecule has 0 aliphatic carbocycles. The lowest BCUT2D eigenvalue weighted by molar-refractivity contribution is -0.114. The average molecular weight is 261 g/mol. The van der Waals surface area contributed by atoms with Crippen LogP contribution in [0, 0.1) is 0 Å². The molecule has 0 unspecified atom stereocenters. The quantitative estimate of drug-likeness (QED) is 0.417. The van der Waals surface area contributed by atoms with Crippen molar-refractivity contribution in [2.45, 2.75) is 6.42 Å². The van der Waals surface area contributed by atoms with Gasteiger partial charge >= 0.3 is 6.03 Å². The minimum absolute atomic E-state index is 0.238. The van der Waals surface area contributed by atoms with E-state index >= 15 is 0 Å². The Morgan fingerprint density at radius 1 is 1.32 bits per heavy atom. The number of benzene rings is 1. The molecule has 100 valence electrons. The Hall–Kier alpha value is -2.63. The van der Waals surface area contributed by atoms with Crippen molar-refractivity contribution < 1.29 is 14.7 Å². The number of carbonyl (C=O) groups is 2. The molecule has 3 amide bonds. The summed E-state index contributed by atoms with van der Waals surface area (Å²) in [7, 11) is 0. The zero-order valence-corrected chi connectivity index (χ0v) is 10.2. The summed E-state index contributed by atoms with van der Waals surface area (Å²) in [4.78, 5) is 25.5. The molecule has 0 bridgehead atoms. The first-order valence-electron chi connectivity index (χ1n) is 5.63. The number of amides is 3. The van der Waals surface area contributed by atoms with Crippen LogP contribution in [0.4, 0.5) is 4.79 Å². The fourth-order valence-electron chi connectivity index (χ4n) is 1.29. The van der Waals surface area contributed by atoms with Gasteiger partial charge in [-0.3, -0.25) is 4.79 Å². The fourth-order valence-corrected chi connectivity index (χ4v) is 1.29. The molecule has 4 N–H and O–H groups in total. The third kappa shape index (κ3) is 5.49. The van der Waals surface area contributed by atoms with Crippen LogP contribution < -0.4 is 11.1 Å². The van der Waals surface area contributed by atoms with Crippen molar-refractivity contribution in [3.8, 4) is 0 Å². The summed E-state index contributed by atoms with van der Waals surface area (Å²) in [6.45, 7) is 0.426. The molecule has 0 atom stereocenters. The summed E-state index contributed by atoms with van der Waals surface area (Å²) >= 11 is 0. The first-order chi connectivity index (χ1) is 9.13. The van der Waals surface area contributed by atoms with Crippen LogP contribution in [0.15, 0.2) is 47.2 Å². The number of primary amides is 1. The minimum atomic E-state index is -0.858. The minimum Gasteiger partial charge on any atom is -0.515 e. The predicted octanol–water partition coefficient (Wildman–Crippen LogP) is 0.937. The first-order valence-corrected chi connectivity index (χ1v) is 5.63. The molecular formula is C13H15N3O3. The van der Waals surface area contributed by atoms with Crippen LogP contribution in [0.1, 0.15) is 5.56 Å². The maximum Gasteiger partial charge on any atom is 0.340 e. The highest BCUT2D eigenvalue weighted by Gasteiger charge is 2.02. The van der Waals surface area contributed by atoms with Crippen LogP contribution in [0.3, 0.4) is 0 Å². The standard InChI is InChI=1S/C13H15N3O3/c14-12(18)11(9-17)8-16-13(19)15-7-6-10-4-2-1-3-5-10/h1-5,8-9,17H,6-7H2,(H2,14,18)(H,15,19)/b11-9-,16-8+. The van der Waals surface area contributed by atoms with E-state index in [1.54, 1.807) is 0 Å². The molecule has 0 aliphatic heterocycles. The Kier molecular flexibility index (Phi) is 5.81. The molecular weight excluding hydrogens is 246 g/mol. The number of aliphatic hydroxyl groups excluding tert-OH is 1. The van der Waals surface area contributed by atoms with Crippen LogP contribution in [0.2, 0.25) is 0 Å². The molecule has 0 fully saturated rings. The van der Waals surface area contributed by atoms with Gasteiger partial charge in [0.25, 0.3) is 5.91 Å². The van der Waals surface area contributed by atoms with E-state index in [-0.39, 0.29) is 5.57 Å². The summed E-state index contributed by atoms with van der Waals surface area (Å²) in [5.74, 6) is -0.858. The molecule has 0 spiro atoms. The lowest BCUT2D eigenvalue weighted by Gasteiger charge is -2.01. The van der Waals surface area contributed by atoms with Crippen LogP contribution in [-0.2, 0) is 11.2 Å². The maximum atomic E-state index is 11.3. The molecule has 0 saturated carbocycles. The highest BCUT2D eigenvalue weighted by atomic mass is 16.2. The molecule has 1 aromatic rings. The number of carbonyl (C=O) groups excluding carboxylic acids is 2. The average Bonchev–Trinajstić information content (AvgIpc) is 2.40. The van der Waals surface area contributed by atoms with E-state index in [1.165, 1.54) is 0 Å². The zero-order chi connectivity index (χ0) is 14.1. The number of aliphatic imine (C=N–C) groups is 1. The monoisotopic (exact) mass is 261 g/mol. The van der Waals surface area contributed by atoms with Crippen LogP contribution >= 0.6 is 0 Å². The summed E-state index contributed by atoms with van der Waals surface area (Å²) in [6, 6.07) is 9.06. The maximum absolute atomic E-state index is 11.3.